The Morgan fingerprint density at radius 2 is 2.08 bits per heavy atom. The molecule has 0 saturated carbocycles. The summed E-state index contributed by atoms with van der Waals surface area (Å²) in [4.78, 5) is 23.9. The summed E-state index contributed by atoms with van der Waals surface area (Å²) >= 11 is 0. The average molecular weight is 169 g/mol. The molecule has 1 atom stereocenters. The number of hydrogen-bond donors (Lipinski definition) is 0. The minimum Gasteiger partial charge on any atom is -0.352 e. The number of carbonyl (C=O) groups excluding carboxylic acids is 2. The van der Waals surface area contributed by atoms with Crippen molar-refractivity contribution in [1.29, 1.82) is 0 Å². The van der Waals surface area contributed by atoms with Crippen molar-refractivity contribution in [3.05, 3.63) is 12.3 Å². The van der Waals surface area contributed by atoms with E-state index in [1.807, 2.05) is 0 Å². The van der Waals surface area contributed by atoms with Gasteiger partial charge in [-0.3, -0.25) is 9.59 Å². The number of ketones is 2. The molecule has 0 fully saturated rings. The van der Waals surface area contributed by atoms with E-state index in [2.05, 4.69) is 0 Å². The van der Waals surface area contributed by atoms with Crippen LogP contribution in [-0.2, 0) is 14.3 Å². The first-order valence-electron chi connectivity index (χ1n) is 3.57. The minimum absolute atomic E-state index is 0.516. The normalized spacial score (nSPS) is 29.8. The van der Waals surface area contributed by atoms with E-state index in [-0.39, 0.29) is 0 Å². The van der Waals surface area contributed by atoms with Crippen molar-refractivity contribution < 1.29 is 14.3 Å². The van der Waals surface area contributed by atoms with Gasteiger partial charge in [0.2, 0.25) is 11.5 Å². The van der Waals surface area contributed by atoms with E-state index in [9.17, 15) is 9.59 Å². The maximum absolute atomic E-state index is 11.3. The van der Waals surface area contributed by atoms with Gasteiger partial charge in [0.1, 0.15) is 0 Å². The third-order valence-electron chi connectivity index (χ3n) is 2.17. The van der Waals surface area contributed by atoms with Crippen molar-refractivity contribution in [2.24, 2.45) is 0 Å². The maximum atomic E-state index is 11.3. The van der Waals surface area contributed by atoms with Gasteiger partial charge in [-0.25, -0.2) is 0 Å². The largest absolute Gasteiger partial charge is 0.352 e. The molecule has 1 aliphatic heterocycles. The Kier molecular flexibility index (Phi) is 2.02. The van der Waals surface area contributed by atoms with Crippen molar-refractivity contribution in [3.63, 3.8) is 0 Å². The lowest BCUT2D eigenvalue weighted by molar-refractivity contribution is -0.162. The molecule has 0 amide bonds. The molecule has 66 valence electrons. The van der Waals surface area contributed by atoms with Crippen LogP contribution in [-0.4, -0.2) is 36.3 Å². The first-order valence-corrected chi connectivity index (χ1v) is 3.57. The highest BCUT2D eigenvalue weighted by molar-refractivity contribution is 6.44. The number of carbonyl (C=O) groups is 2. The van der Waals surface area contributed by atoms with Crippen LogP contribution in [0.25, 0.3) is 0 Å². The molecule has 0 radical (unpaired) electrons. The Balaban J connectivity index is 3.08. The average Bonchev–Trinajstić information content (AvgIpc) is 2.08. The van der Waals surface area contributed by atoms with Gasteiger partial charge in [0, 0.05) is 26.4 Å². The second-order valence-corrected chi connectivity index (χ2v) is 2.81. The van der Waals surface area contributed by atoms with E-state index in [0.29, 0.717) is 0 Å². The van der Waals surface area contributed by atoms with E-state index in [0.717, 1.165) is 0 Å². The minimum atomic E-state index is -1.13. The van der Waals surface area contributed by atoms with E-state index < -0.39 is 17.3 Å². The van der Waals surface area contributed by atoms with Gasteiger partial charge < -0.3 is 9.64 Å². The zero-order valence-electron chi connectivity index (χ0n) is 7.33. The fourth-order valence-corrected chi connectivity index (χ4v) is 1.02. The van der Waals surface area contributed by atoms with Crippen LogP contribution >= 0.6 is 0 Å². The topological polar surface area (TPSA) is 46.6 Å². The third kappa shape index (κ3) is 1.04. The standard InChI is InChI=1S/C8H11NO3/c1-8(12-3)7(11)6(10)4-5-9(8)2/h4-5H,1-3H3. The highest BCUT2D eigenvalue weighted by Crippen LogP contribution is 2.20. The van der Waals surface area contributed by atoms with E-state index in [4.69, 9.17) is 4.74 Å². The predicted octanol–water partition coefficient (Wildman–Crippen LogP) is -0.0537. The summed E-state index contributed by atoms with van der Waals surface area (Å²) in [5.41, 5.74) is -1.13. The second-order valence-electron chi connectivity index (χ2n) is 2.81. The smallest absolute Gasteiger partial charge is 0.254 e. The summed E-state index contributed by atoms with van der Waals surface area (Å²) in [6.45, 7) is 1.57. The zero-order valence-corrected chi connectivity index (χ0v) is 7.33. The summed E-state index contributed by atoms with van der Waals surface area (Å²) in [5.74, 6) is -1.05. The number of likely N-dealkylation sites (N-methyl/N-ethyl adjacent to an activating group) is 1. The Morgan fingerprint density at radius 3 is 2.50 bits per heavy atom. The van der Waals surface area contributed by atoms with Crippen LogP contribution in [0.2, 0.25) is 0 Å². The van der Waals surface area contributed by atoms with Crippen LogP contribution in [0.15, 0.2) is 12.3 Å². The Labute approximate surface area is 70.8 Å². The molecule has 12 heavy (non-hydrogen) atoms. The quantitative estimate of drug-likeness (QED) is 0.516. The summed E-state index contributed by atoms with van der Waals surface area (Å²) in [5, 5.41) is 0. The SMILES string of the molecule is COC1(C)C(=O)C(=O)C=CN1C. The van der Waals surface area contributed by atoms with Gasteiger partial charge in [-0.1, -0.05) is 0 Å². The third-order valence-corrected chi connectivity index (χ3v) is 2.17. The molecule has 0 aromatic rings. The molecule has 1 aliphatic rings. The van der Waals surface area contributed by atoms with Crippen LogP contribution in [0.4, 0.5) is 0 Å². The predicted molar refractivity (Wildman–Crippen MR) is 42.3 cm³/mol. The molecule has 0 aromatic heterocycles. The molecule has 0 spiro atoms. The van der Waals surface area contributed by atoms with Gasteiger partial charge in [0.15, 0.2) is 0 Å². The summed E-state index contributed by atoms with van der Waals surface area (Å²) < 4.78 is 4.98. The van der Waals surface area contributed by atoms with Gasteiger partial charge >= 0.3 is 0 Å². The van der Waals surface area contributed by atoms with Crippen molar-refractivity contribution in [1.82, 2.24) is 4.90 Å². The number of hydrogen-bond acceptors (Lipinski definition) is 4. The lowest BCUT2D eigenvalue weighted by atomic mass is 10.0. The fraction of sp³-hybridized carbons (Fsp3) is 0.500. The molecule has 0 saturated heterocycles. The van der Waals surface area contributed by atoms with Gasteiger partial charge in [0.25, 0.3) is 5.78 Å². The number of nitrogens with zero attached hydrogens (tertiary/aromatic N) is 1. The van der Waals surface area contributed by atoms with Crippen LogP contribution in [0.1, 0.15) is 6.92 Å². The van der Waals surface area contributed by atoms with Gasteiger partial charge in [-0.2, -0.15) is 0 Å². The highest BCUT2D eigenvalue weighted by Gasteiger charge is 2.42. The molecule has 4 nitrogen and oxygen atoms in total. The number of ether oxygens (including phenoxy) is 1. The van der Waals surface area contributed by atoms with Crippen molar-refractivity contribution >= 4 is 11.6 Å². The van der Waals surface area contributed by atoms with Crippen LogP contribution < -0.4 is 0 Å². The monoisotopic (exact) mass is 169 g/mol. The van der Waals surface area contributed by atoms with Crippen molar-refractivity contribution in [2.45, 2.75) is 12.6 Å². The molecule has 4 heteroatoms. The maximum Gasteiger partial charge on any atom is 0.254 e. The Morgan fingerprint density at radius 1 is 1.50 bits per heavy atom. The molecule has 0 aliphatic carbocycles. The first-order chi connectivity index (χ1) is 5.52. The van der Waals surface area contributed by atoms with Crippen LogP contribution in [0.3, 0.4) is 0 Å². The van der Waals surface area contributed by atoms with E-state index in [1.54, 1.807) is 18.9 Å². The summed E-state index contributed by atoms with van der Waals surface area (Å²) in [6.07, 6.45) is 2.77. The number of methoxy groups -OCH3 is 1. The fourth-order valence-electron chi connectivity index (χ4n) is 1.02. The van der Waals surface area contributed by atoms with Gasteiger partial charge in [-0.15, -0.1) is 0 Å². The number of rotatable bonds is 1. The Hall–Kier alpha value is -1.16. The Bertz CT molecular complexity index is 259. The molecule has 1 rings (SSSR count). The molecule has 0 bridgehead atoms. The lowest BCUT2D eigenvalue weighted by Gasteiger charge is -2.36. The molecule has 0 aromatic carbocycles. The second kappa shape index (κ2) is 2.71. The summed E-state index contributed by atoms with van der Waals surface area (Å²) in [6, 6.07) is 0. The number of allylic oxidation sites excluding steroid dienone is 1. The molecular weight excluding hydrogens is 158 g/mol. The van der Waals surface area contributed by atoms with E-state index >= 15 is 0 Å². The van der Waals surface area contributed by atoms with Gasteiger partial charge in [-0.05, 0) is 6.92 Å². The van der Waals surface area contributed by atoms with Gasteiger partial charge in [0.05, 0.1) is 0 Å². The van der Waals surface area contributed by atoms with Crippen LogP contribution in [0.5, 0.6) is 0 Å². The molecule has 0 N–H and O–H groups in total. The van der Waals surface area contributed by atoms with Crippen molar-refractivity contribution in [2.75, 3.05) is 14.2 Å². The summed E-state index contributed by atoms with van der Waals surface area (Å²) in [7, 11) is 3.09. The molecular formula is C8H11NO3. The number of Topliss-reactive ketones (excluding diaryl/α,β-unsaturated/α-hetero) is 1. The first kappa shape index (κ1) is 8.93. The van der Waals surface area contributed by atoms with E-state index in [1.165, 1.54) is 19.4 Å². The van der Waals surface area contributed by atoms with Crippen LogP contribution in [0, 0.1) is 0 Å². The highest BCUT2D eigenvalue weighted by atomic mass is 16.5. The zero-order chi connectivity index (χ0) is 9.35. The van der Waals surface area contributed by atoms with Crippen molar-refractivity contribution in [3.8, 4) is 0 Å². The lowest BCUT2D eigenvalue weighted by Crippen LogP contribution is -2.54. The molecule has 1 unspecified atom stereocenters. The molecule has 1 heterocycles.